The van der Waals surface area contributed by atoms with Crippen molar-refractivity contribution >= 4 is 22.5 Å². The SMILES string of the molecule is CNCCc1cc(Cl)c2c(cnn2C)c1. The third kappa shape index (κ3) is 1.98. The van der Waals surface area contributed by atoms with Crippen molar-refractivity contribution in [3.8, 4) is 0 Å². The highest BCUT2D eigenvalue weighted by Crippen LogP contribution is 2.24. The second kappa shape index (κ2) is 4.21. The molecule has 3 nitrogen and oxygen atoms in total. The minimum absolute atomic E-state index is 0.776. The van der Waals surface area contributed by atoms with E-state index in [-0.39, 0.29) is 0 Å². The third-order valence-electron chi connectivity index (χ3n) is 2.51. The second-order valence-electron chi connectivity index (χ2n) is 3.64. The van der Waals surface area contributed by atoms with E-state index in [1.54, 1.807) is 4.68 Å². The van der Waals surface area contributed by atoms with E-state index in [9.17, 15) is 0 Å². The summed E-state index contributed by atoms with van der Waals surface area (Å²) in [6, 6.07) is 4.16. The predicted octanol–water partition coefficient (Wildman–Crippen LogP) is 1.99. The lowest BCUT2D eigenvalue weighted by molar-refractivity contribution is 0.790. The summed E-state index contributed by atoms with van der Waals surface area (Å²) in [7, 11) is 3.85. The van der Waals surface area contributed by atoms with Crippen LogP contribution in [0.4, 0.5) is 0 Å². The van der Waals surface area contributed by atoms with Crippen molar-refractivity contribution in [2.75, 3.05) is 13.6 Å². The predicted molar refractivity (Wildman–Crippen MR) is 63.4 cm³/mol. The maximum Gasteiger partial charge on any atom is 0.0865 e. The molecular weight excluding hydrogens is 210 g/mol. The average Bonchev–Trinajstić information content (AvgIpc) is 2.58. The van der Waals surface area contributed by atoms with Gasteiger partial charge in [0.15, 0.2) is 0 Å². The van der Waals surface area contributed by atoms with Crippen LogP contribution >= 0.6 is 11.6 Å². The molecule has 2 rings (SSSR count). The van der Waals surface area contributed by atoms with E-state index in [4.69, 9.17) is 11.6 Å². The third-order valence-corrected chi connectivity index (χ3v) is 2.80. The molecule has 0 bridgehead atoms. The van der Waals surface area contributed by atoms with Crippen molar-refractivity contribution in [1.82, 2.24) is 15.1 Å². The lowest BCUT2D eigenvalue weighted by Crippen LogP contribution is -2.10. The van der Waals surface area contributed by atoms with E-state index in [0.717, 1.165) is 28.9 Å². The highest BCUT2D eigenvalue weighted by molar-refractivity contribution is 6.35. The van der Waals surface area contributed by atoms with Crippen LogP contribution in [0.25, 0.3) is 10.9 Å². The molecule has 1 N–H and O–H groups in total. The zero-order valence-electron chi connectivity index (χ0n) is 8.92. The summed E-state index contributed by atoms with van der Waals surface area (Å²) in [4.78, 5) is 0. The number of aryl methyl sites for hydroxylation is 1. The zero-order chi connectivity index (χ0) is 10.8. The van der Waals surface area contributed by atoms with Crippen LogP contribution in [-0.4, -0.2) is 23.4 Å². The number of fused-ring (bicyclic) bond motifs is 1. The Balaban J connectivity index is 2.44. The van der Waals surface area contributed by atoms with E-state index in [1.807, 2.05) is 26.4 Å². The Morgan fingerprint density at radius 3 is 3.00 bits per heavy atom. The van der Waals surface area contributed by atoms with Crippen LogP contribution in [0, 0.1) is 0 Å². The highest BCUT2D eigenvalue weighted by Gasteiger charge is 2.06. The molecule has 15 heavy (non-hydrogen) atoms. The Morgan fingerprint density at radius 1 is 1.47 bits per heavy atom. The van der Waals surface area contributed by atoms with Crippen LogP contribution in [-0.2, 0) is 13.5 Å². The van der Waals surface area contributed by atoms with Crippen LogP contribution in [0.5, 0.6) is 0 Å². The number of aromatic nitrogens is 2. The van der Waals surface area contributed by atoms with Gasteiger partial charge in [-0.3, -0.25) is 4.68 Å². The minimum Gasteiger partial charge on any atom is -0.319 e. The van der Waals surface area contributed by atoms with Gasteiger partial charge < -0.3 is 5.32 Å². The van der Waals surface area contributed by atoms with Gasteiger partial charge in [0.2, 0.25) is 0 Å². The van der Waals surface area contributed by atoms with E-state index in [0.29, 0.717) is 0 Å². The fourth-order valence-corrected chi connectivity index (χ4v) is 2.11. The minimum atomic E-state index is 0.776. The van der Waals surface area contributed by atoms with Gasteiger partial charge in [0, 0.05) is 12.4 Å². The number of nitrogens with one attached hydrogen (secondary N) is 1. The van der Waals surface area contributed by atoms with Crippen LogP contribution in [0.1, 0.15) is 5.56 Å². The topological polar surface area (TPSA) is 29.9 Å². The smallest absolute Gasteiger partial charge is 0.0865 e. The van der Waals surface area contributed by atoms with Gasteiger partial charge in [0.25, 0.3) is 0 Å². The first-order valence-electron chi connectivity index (χ1n) is 4.97. The van der Waals surface area contributed by atoms with Crippen molar-refractivity contribution in [1.29, 1.82) is 0 Å². The molecule has 1 aromatic carbocycles. The molecule has 0 fully saturated rings. The summed E-state index contributed by atoms with van der Waals surface area (Å²) in [5.74, 6) is 0. The van der Waals surface area contributed by atoms with Crippen LogP contribution < -0.4 is 5.32 Å². The van der Waals surface area contributed by atoms with E-state index >= 15 is 0 Å². The Hall–Kier alpha value is -1.06. The molecule has 0 radical (unpaired) electrons. The van der Waals surface area contributed by atoms with E-state index in [2.05, 4.69) is 16.5 Å². The maximum atomic E-state index is 6.21. The lowest BCUT2D eigenvalue weighted by Gasteiger charge is -2.03. The van der Waals surface area contributed by atoms with Crippen molar-refractivity contribution in [3.63, 3.8) is 0 Å². The zero-order valence-corrected chi connectivity index (χ0v) is 9.67. The molecule has 0 aliphatic rings. The van der Waals surface area contributed by atoms with Crippen molar-refractivity contribution in [2.24, 2.45) is 7.05 Å². The molecule has 1 heterocycles. The Morgan fingerprint density at radius 2 is 2.27 bits per heavy atom. The van der Waals surface area contributed by atoms with E-state index < -0.39 is 0 Å². The first-order valence-corrected chi connectivity index (χ1v) is 5.35. The van der Waals surface area contributed by atoms with Crippen molar-refractivity contribution in [3.05, 3.63) is 28.9 Å². The molecule has 0 aliphatic carbocycles. The number of benzene rings is 1. The van der Waals surface area contributed by atoms with Gasteiger partial charge >= 0.3 is 0 Å². The molecule has 2 aromatic rings. The summed E-state index contributed by atoms with van der Waals surface area (Å²) >= 11 is 6.21. The quantitative estimate of drug-likeness (QED) is 0.863. The van der Waals surface area contributed by atoms with Crippen molar-refractivity contribution in [2.45, 2.75) is 6.42 Å². The molecule has 80 valence electrons. The maximum absolute atomic E-state index is 6.21. The molecule has 1 aromatic heterocycles. The Labute approximate surface area is 94.0 Å². The molecule has 0 saturated heterocycles. The number of hydrogen-bond donors (Lipinski definition) is 1. The van der Waals surface area contributed by atoms with Crippen LogP contribution in [0.2, 0.25) is 5.02 Å². The lowest BCUT2D eigenvalue weighted by atomic mass is 10.1. The fraction of sp³-hybridized carbons (Fsp3) is 0.364. The Kier molecular flexibility index (Phi) is 2.93. The molecule has 4 heteroatoms. The van der Waals surface area contributed by atoms with Crippen LogP contribution in [0.15, 0.2) is 18.3 Å². The average molecular weight is 224 g/mol. The molecule has 0 aliphatic heterocycles. The number of likely N-dealkylation sites (N-methyl/N-ethyl adjacent to an activating group) is 1. The highest BCUT2D eigenvalue weighted by atomic mass is 35.5. The molecular formula is C11H14ClN3. The molecule has 0 atom stereocenters. The molecule has 0 saturated carbocycles. The number of hydrogen-bond acceptors (Lipinski definition) is 2. The standard InChI is InChI=1S/C11H14ClN3/c1-13-4-3-8-5-9-7-14-15(2)11(9)10(12)6-8/h5-7,13H,3-4H2,1-2H3. The normalized spacial score (nSPS) is 11.1. The first kappa shape index (κ1) is 10.5. The number of halogens is 1. The molecule has 0 amide bonds. The van der Waals surface area contributed by atoms with E-state index in [1.165, 1.54) is 5.56 Å². The van der Waals surface area contributed by atoms with Gasteiger partial charge in [-0.05, 0) is 37.7 Å². The first-order chi connectivity index (χ1) is 7.22. The summed E-state index contributed by atoms with van der Waals surface area (Å²) in [6.07, 6.45) is 2.84. The van der Waals surface area contributed by atoms with Gasteiger partial charge in [-0.1, -0.05) is 11.6 Å². The van der Waals surface area contributed by atoms with Gasteiger partial charge in [-0.25, -0.2) is 0 Å². The Bertz CT molecular complexity index is 476. The van der Waals surface area contributed by atoms with Gasteiger partial charge in [-0.2, -0.15) is 5.10 Å². The summed E-state index contributed by atoms with van der Waals surface area (Å²) in [6.45, 7) is 0.960. The van der Waals surface area contributed by atoms with Gasteiger partial charge in [0.05, 0.1) is 16.7 Å². The fourth-order valence-electron chi connectivity index (χ4n) is 1.74. The number of rotatable bonds is 3. The van der Waals surface area contributed by atoms with Crippen LogP contribution in [0.3, 0.4) is 0 Å². The van der Waals surface area contributed by atoms with Gasteiger partial charge in [0.1, 0.15) is 0 Å². The monoisotopic (exact) mass is 223 g/mol. The van der Waals surface area contributed by atoms with Crippen molar-refractivity contribution < 1.29 is 0 Å². The molecule has 0 unspecified atom stereocenters. The summed E-state index contributed by atoms with van der Waals surface area (Å²) in [5, 5.41) is 9.20. The van der Waals surface area contributed by atoms with Gasteiger partial charge in [-0.15, -0.1) is 0 Å². The largest absolute Gasteiger partial charge is 0.319 e. The molecule has 0 spiro atoms. The second-order valence-corrected chi connectivity index (χ2v) is 4.04. The summed E-state index contributed by atoms with van der Waals surface area (Å²) < 4.78 is 1.81. The summed E-state index contributed by atoms with van der Waals surface area (Å²) in [5.41, 5.74) is 2.25. The number of nitrogens with zero attached hydrogens (tertiary/aromatic N) is 2.